The minimum Gasteiger partial charge on any atom is -0.423 e. The second kappa shape index (κ2) is 6.69. The van der Waals surface area contributed by atoms with Gasteiger partial charge in [-0.1, -0.05) is 30.3 Å². The van der Waals surface area contributed by atoms with Crippen molar-refractivity contribution in [2.45, 2.75) is 20.3 Å². The molecule has 0 radical (unpaired) electrons. The predicted octanol–water partition coefficient (Wildman–Crippen LogP) is 4.23. The van der Waals surface area contributed by atoms with Crippen LogP contribution in [0.5, 0.6) is 0 Å². The average molecular weight is 307 g/mol. The Kier molecular flexibility index (Phi) is 4.47. The minimum atomic E-state index is -0.253. The van der Waals surface area contributed by atoms with Crippen molar-refractivity contribution in [3.8, 4) is 0 Å². The average Bonchev–Trinajstić information content (AvgIpc) is 2.58. The summed E-state index contributed by atoms with van der Waals surface area (Å²) in [5.74, 6) is 0. The molecule has 1 aromatic heterocycles. The molecule has 0 atom stereocenters. The zero-order chi connectivity index (χ0) is 16.2. The third-order valence-corrected chi connectivity index (χ3v) is 4.17. The minimum absolute atomic E-state index is 0.253. The number of rotatable bonds is 5. The number of anilines is 1. The second-order valence-corrected chi connectivity index (χ2v) is 5.61. The molecule has 3 rings (SSSR count). The summed E-state index contributed by atoms with van der Waals surface area (Å²) in [5.41, 5.74) is 3.40. The first kappa shape index (κ1) is 15.3. The molecule has 0 aliphatic carbocycles. The van der Waals surface area contributed by atoms with Crippen molar-refractivity contribution in [3.63, 3.8) is 0 Å². The van der Waals surface area contributed by atoms with Gasteiger partial charge >= 0.3 is 5.63 Å². The van der Waals surface area contributed by atoms with Gasteiger partial charge in [0.1, 0.15) is 5.58 Å². The molecule has 2 aromatic carbocycles. The normalized spacial score (nSPS) is 10.9. The van der Waals surface area contributed by atoms with Gasteiger partial charge in [-0.15, -0.1) is 0 Å². The summed E-state index contributed by atoms with van der Waals surface area (Å²) >= 11 is 0. The Hall–Kier alpha value is -2.55. The maximum Gasteiger partial charge on any atom is 0.339 e. The molecule has 0 saturated heterocycles. The van der Waals surface area contributed by atoms with Crippen LogP contribution in [0.15, 0.2) is 63.8 Å². The van der Waals surface area contributed by atoms with E-state index in [1.165, 1.54) is 5.69 Å². The first-order chi connectivity index (χ1) is 11.2. The van der Waals surface area contributed by atoms with E-state index in [1.54, 1.807) is 0 Å². The number of para-hydroxylation sites is 1. The van der Waals surface area contributed by atoms with Gasteiger partial charge < -0.3 is 9.32 Å². The maximum absolute atomic E-state index is 12.1. The Bertz CT molecular complexity index is 845. The third-order valence-electron chi connectivity index (χ3n) is 4.17. The van der Waals surface area contributed by atoms with Crippen molar-refractivity contribution in [2.24, 2.45) is 0 Å². The molecule has 0 aliphatic rings. The van der Waals surface area contributed by atoms with Gasteiger partial charge in [-0.2, -0.15) is 0 Å². The number of nitrogens with zero attached hydrogens (tertiary/aromatic N) is 1. The topological polar surface area (TPSA) is 33.5 Å². The fourth-order valence-electron chi connectivity index (χ4n) is 2.86. The lowest BCUT2D eigenvalue weighted by atomic mass is 10.0. The van der Waals surface area contributed by atoms with E-state index in [9.17, 15) is 4.79 Å². The molecule has 0 N–H and O–H groups in total. The number of hydrogen-bond acceptors (Lipinski definition) is 3. The molecule has 0 unspecified atom stereocenters. The molecule has 0 bridgehead atoms. The van der Waals surface area contributed by atoms with Crippen molar-refractivity contribution in [1.82, 2.24) is 0 Å². The summed E-state index contributed by atoms with van der Waals surface area (Å²) in [7, 11) is 0. The van der Waals surface area contributed by atoms with E-state index in [2.05, 4.69) is 43.0 Å². The summed E-state index contributed by atoms with van der Waals surface area (Å²) in [4.78, 5) is 14.4. The molecular weight excluding hydrogens is 286 g/mol. The first-order valence-corrected chi connectivity index (χ1v) is 8.07. The standard InChI is InChI=1S/C20H21NO2/c1-3-21(4-2)18-11-9-15(10-12-18)13-17-14-16-7-5-6-8-19(16)23-20(17)22/h5-12,14H,3-4,13H2,1-2H3. The molecule has 3 nitrogen and oxygen atoms in total. The van der Waals surface area contributed by atoms with Gasteiger partial charge in [0.05, 0.1) is 0 Å². The molecule has 1 heterocycles. The van der Waals surface area contributed by atoms with Crippen LogP contribution in [0.3, 0.4) is 0 Å². The second-order valence-electron chi connectivity index (χ2n) is 5.61. The fourth-order valence-corrected chi connectivity index (χ4v) is 2.86. The highest BCUT2D eigenvalue weighted by atomic mass is 16.4. The first-order valence-electron chi connectivity index (χ1n) is 8.07. The predicted molar refractivity (Wildman–Crippen MR) is 95.3 cm³/mol. The lowest BCUT2D eigenvalue weighted by molar-refractivity contribution is 0.552. The van der Waals surface area contributed by atoms with Crippen LogP contribution in [0.25, 0.3) is 11.0 Å². The smallest absolute Gasteiger partial charge is 0.339 e. The van der Waals surface area contributed by atoms with E-state index < -0.39 is 0 Å². The molecule has 3 aromatic rings. The Morgan fingerprint density at radius 2 is 1.65 bits per heavy atom. The van der Waals surface area contributed by atoms with E-state index in [-0.39, 0.29) is 5.63 Å². The van der Waals surface area contributed by atoms with Crippen molar-refractivity contribution in [3.05, 3.63) is 76.1 Å². The van der Waals surface area contributed by atoms with Crippen molar-refractivity contribution >= 4 is 16.7 Å². The molecule has 118 valence electrons. The Balaban J connectivity index is 1.87. The van der Waals surface area contributed by atoms with E-state index in [4.69, 9.17) is 4.42 Å². The quantitative estimate of drug-likeness (QED) is 0.661. The van der Waals surface area contributed by atoms with Crippen LogP contribution in [0, 0.1) is 0 Å². The molecule has 0 fully saturated rings. The molecular formula is C20H21NO2. The summed E-state index contributed by atoms with van der Waals surface area (Å²) in [6.07, 6.45) is 0.589. The van der Waals surface area contributed by atoms with Crippen LogP contribution in [-0.2, 0) is 6.42 Å². The molecule has 0 saturated carbocycles. The Morgan fingerprint density at radius 3 is 2.35 bits per heavy atom. The van der Waals surface area contributed by atoms with Crippen LogP contribution >= 0.6 is 0 Å². The van der Waals surface area contributed by atoms with Crippen LogP contribution < -0.4 is 10.5 Å². The summed E-state index contributed by atoms with van der Waals surface area (Å²) in [6.45, 7) is 6.28. The van der Waals surface area contributed by atoms with Gasteiger partial charge in [0, 0.05) is 36.1 Å². The zero-order valence-electron chi connectivity index (χ0n) is 13.6. The van der Waals surface area contributed by atoms with Crippen LogP contribution in [0.4, 0.5) is 5.69 Å². The van der Waals surface area contributed by atoms with E-state index in [0.29, 0.717) is 17.6 Å². The largest absolute Gasteiger partial charge is 0.423 e. The molecule has 0 aliphatic heterocycles. The fraction of sp³-hybridized carbons (Fsp3) is 0.250. The highest BCUT2D eigenvalue weighted by Gasteiger charge is 2.07. The van der Waals surface area contributed by atoms with Crippen molar-refractivity contribution in [2.75, 3.05) is 18.0 Å². The van der Waals surface area contributed by atoms with Gasteiger partial charge in [0.25, 0.3) is 0 Å². The molecule has 0 amide bonds. The third kappa shape index (κ3) is 3.29. The van der Waals surface area contributed by atoms with Gasteiger partial charge in [0.15, 0.2) is 0 Å². The summed E-state index contributed by atoms with van der Waals surface area (Å²) in [5, 5.41) is 0.960. The van der Waals surface area contributed by atoms with Crippen LogP contribution in [-0.4, -0.2) is 13.1 Å². The highest BCUT2D eigenvalue weighted by molar-refractivity contribution is 5.76. The van der Waals surface area contributed by atoms with E-state index in [0.717, 1.165) is 24.0 Å². The maximum atomic E-state index is 12.1. The van der Waals surface area contributed by atoms with Crippen molar-refractivity contribution < 1.29 is 4.42 Å². The molecule has 3 heteroatoms. The molecule has 23 heavy (non-hydrogen) atoms. The Morgan fingerprint density at radius 1 is 0.957 bits per heavy atom. The van der Waals surface area contributed by atoms with E-state index in [1.807, 2.05) is 30.3 Å². The molecule has 0 spiro atoms. The lowest BCUT2D eigenvalue weighted by Gasteiger charge is -2.21. The number of hydrogen-bond donors (Lipinski definition) is 0. The monoisotopic (exact) mass is 307 g/mol. The number of benzene rings is 2. The van der Waals surface area contributed by atoms with E-state index >= 15 is 0 Å². The van der Waals surface area contributed by atoms with Crippen LogP contribution in [0.1, 0.15) is 25.0 Å². The highest BCUT2D eigenvalue weighted by Crippen LogP contribution is 2.18. The SMILES string of the molecule is CCN(CC)c1ccc(Cc2cc3ccccc3oc2=O)cc1. The van der Waals surface area contributed by atoms with Gasteiger partial charge in [-0.3, -0.25) is 0 Å². The number of fused-ring (bicyclic) bond motifs is 1. The summed E-state index contributed by atoms with van der Waals surface area (Å²) in [6, 6.07) is 17.9. The Labute approximate surface area is 136 Å². The van der Waals surface area contributed by atoms with Gasteiger partial charge in [-0.25, -0.2) is 4.79 Å². The summed E-state index contributed by atoms with van der Waals surface area (Å²) < 4.78 is 5.40. The van der Waals surface area contributed by atoms with Crippen LogP contribution in [0.2, 0.25) is 0 Å². The zero-order valence-corrected chi connectivity index (χ0v) is 13.6. The van der Waals surface area contributed by atoms with Gasteiger partial charge in [-0.05, 0) is 43.7 Å². The lowest BCUT2D eigenvalue weighted by Crippen LogP contribution is -2.21. The van der Waals surface area contributed by atoms with Gasteiger partial charge in [0.2, 0.25) is 0 Å². The van der Waals surface area contributed by atoms with Crippen molar-refractivity contribution in [1.29, 1.82) is 0 Å².